The van der Waals surface area contributed by atoms with E-state index in [1.807, 2.05) is 0 Å². The van der Waals surface area contributed by atoms with Crippen molar-refractivity contribution in [3.8, 4) is 0 Å². The number of aryl methyl sites for hydroxylation is 1. The third-order valence-electron chi connectivity index (χ3n) is 4.44. The Morgan fingerprint density at radius 1 is 1.28 bits per heavy atom. The van der Waals surface area contributed by atoms with Gasteiger partial charge in [0.05, 0.1) is 0 Å². The average Bonchev–Trinajstić information content (AvgIpc) is 2.37. The van der Waals surface area contributed by atoms with Crippen LogP contribution in [0.1, 0.15) is 38.7 Å². The highest BCUT2D eigenvalue weighted by atomic mass is 16.1. The summed E-state index contributed by atoms with van der Waals surface area (Å²) in [6.07, 6.45) is 4.00. The molecule has 98 valence electrons. The van der Waals surface area contributed by atoms with Gasteiger partial charge in [-0.2, -0.15) is 0 Å². The normalized spacial score (nSPS) is 24.1. The van der Waals surface area contributed by atoms with E-state index in [2.05, 4.69) is 49.5 Å². The van der Waals surface area contributed by atoms with E-state index in [0.29, 0.717) is 12.3 Å². The first kappa shape index (κ1) is 13.1. The molecule has 1 aromatic carbocycles. The van der Waals surface area contributed by atoms with E-state index in [1.54, 1.807) is 0 Å². The van der Waals surface area contributed by atoms with Crippen LogP contribution >= 0.6 is 0 Å². The fourth-order valence-electron chi connectivity index (χ4n) is 2.95. The molecule has 18 heavy (non-hydrogen) atoms. The lowest BCUT2D eigenvalue weighted by atomic mass is 9.67. The van der Waals surface area contributed by atoms with Crippen molar-refractivity contribution in [3.05, 3.63) is 35.9 Å². The SMILES string of the molecule is CC(C)C1(CCc2ccccc2)CCNC(=O)C1. The number of carbonyl (C=O) groups excluding carboxylic acids is 1. The maximum Gasteiger partial charge on any atom is 0.220 e. The fraction of sp³-hybridized carbons (Fsp3) is 0.562. The molecule has 0 bridgehead atoms. The highest BCUT2D eigenvalue weighted by Gasteiger charge is 2.37. The first-order valence-corrected chi connectivity index (χ1v) is 6.93. The number of rotatable bonds is 4. The molecular formula is C16H23NO. The van der Waals surface area contributed by atoms with Crippen molar-refractivity contribution in [2.24, 2.45) is 11.3 Å². The second-order valence-electron chi connectivity index (χ2n) is 5.78. The molecule has 0 saturated carbocycles. The van der Waals surface area contributed by atoms with Crippen LogP contribution in [0.2, 0.25) is 0 Å². The molecule has 2 rings (SSSR count). The third-order valence-corrected chi connectivity index (χ3v) is 4.44. The minimum absolute atomic E-state index is 0.193. The smallest absolute Gasteiger partial charge is 0.220 e. The molecule has 0 aromatic heterocycles. The lowest BCUT2D eigenvalue weighted by Crippen LogP contribution is -2.43. The number of carbonyl (C=O) groups is 1. The molecule has 1 fully saturated rings. The minimum atomic E-state index is 0.193. The molecule has 2 heteroatoms. The molecule has 1 saturated heterocycles. The Kier molecular flexibility index (Phi) is 4.05. The second-order valence-corrected chi connectivity index (χ2v) is 5.78. The third kappa shape index (κ3) is 2.92. The molecule has 1 aromatic rings. The standard InChI is InChI=1S/C16H23NO/c1-13(2)16(10-11-17-15(18)12-16)9-8-14-6-4-3-5-7-14/h3-7,13H,8-12H2,1-2H3,(H,17,18). The second kappa shape index (κ2) is 5.55. The summed E-state index contributed by atoms with van der Waals surface area (Å²) < 4.78 is 0. The molecule has 0 radical (unpaired) electrons. The van der Waals surface area contributed by atoms with Crippen molar-refractivity contribution in [3.63, 3.8) is 0 Å². The van der Waals surface area contributed by atoms with Crippen LogP contribution in [0.25, 0.3) is 0 Å². The van der Waals surface area contributed by atoms with Gasteiger partial charge in [0, 0.05) is 13.0 Å². The monoisotopic (exact) mass is 245 g/mol. The molecule has 0 spiro atoms. The zero-order valence-electron chi connectivity index (χ0n) is 11.4. The molecule has 1 aliphatic heterocycles. The van der Waals surface area contributed by atoms with Gasteiger partial charge in [-0.05, 0) is 36.2 Å². The Morgan fingerprint density at radius 3 is 2.61 bits per heavy atom. The van der Waals surface area contributed by atoms with Crippen molar-refractivity contribution in [2.45, 2.75) is 39.5 Å². The Labute approximate surface area is 110 Å². The largest absolute Gasteiger partial charge is 0.356 e. The maximum atomic E-state index is 11.7. The summed E-state index contributed by atoms with van der Waals surface area (Å²) in [5.74, 6) is 0.787. The lowest BCUT2D eigenvalue weighted by molar-refractivity contribution is -0.127. The van der Waals surface area contributed by atoms with Crippen molar-refractivity contribution in [2.75, 3.05) is 6.54 Å². The van der Waals surface area contributed by atoms with Gasteiger partial charge < -0.3 is 5.32 Å². The summed E-state index contributed by atoms with van der Waals surface area (Å²) in [5, 5.41) is 2.95. The summed E-state index contributed by atoms with van der Waals surface area (Å²) in [6.45, 7) is 5.35. The van der Waals surface area contributed by atoms with Crippen molar-refractivity contribution in [1.82, 2.24) is 5.32 Å². The Balaban J connectivity index is 2.05. The van der Waals surface area contributed by atoms with E-state index in [0.717, 1.165) is 25.8 Å². The number of amides is 1. The van der Waals surface area contributed by atoms with Crippen LogP contribution in [0.4, 0.5) is 0 Å². The van der Waals surface area contributed by atoms with Crippen LogP contribution in [0.3, 0.4) is 0 Å². The Hall–Kier alpha value is -1.31. The van der Waals surface area contributed by atoms with Crippen LogP contribution < -0.4 is 5.32 Å². The fourth-order valence-corrected chi connectivity index (χ4v) is 2.95. The van der Waals surface area contributed by atoms with Crippen molar-refractivity contribution >= 4 is 5.91 Å². The zero-order chi connectivity index (χ0) is 13.0. The molecule has 1 unspecified atom stereocenters. The van der Waals surface area contributed by atoms with E-state index in [4.69, 9.17) is 0 Å². The summed E-state index contributed by atoms with van der Waals surface area (Å²) in [6, 6.07) is 10.6. The molecule has 1 atom stereocenters. The van der Waals surface area contributed by atoms with E-state index in [-0.39, 0.29) is 11.3 Å². The number of hydrogen-bond acceptors (Lipinski definition) is 1. The number of hydrogen-bond donors (Lipinski definition) is 1. The van der Waals surface area contributed by atoms with E-state index >= 15 is 0 Å². The van der Waals surface area contributed by atoms with E-state index < -0.39 is 0 Å². The Morgan fingerprint density at radius 2 is 2.00 bits per heavy atom. The van der Waals surface area contributed by atoms with Crippen molar-refractivity contribution in [1.29, 1.82) is 0 Å². The summed E-state index contributed by atoms with van der Waals surface area (Å²) >= 11 is 0. The van der Waals surface area contributed by atoms with Gasteiger partial charge in [-0.1, -0.05) is 44.2 Å². The first-order chi connectivity index (χ1) is 8.62. The van der Waals surface area contributed by atoms with Gasteiger partial charge in [0.15, 0.2) is 0 Å². The first-order valence-electron chi connectivity index (χ1n) is 6.93. The predicted molar refractivity (Wildman–Crippen MR) is 74.3 cm³/mol. The topological polar surface area (TPSA) is 29.1 Å². The van der Waals surface area contributed by atoms with Crippen LogP contribution in [0, 0.1) is 11.3 Å². The number of piperidine rings is 1. The molecule has 1 amide bonds. The van der Waals surface area contributed by atoms with Gasteiger partial charge in [0.2, 0.25) is 5.91 Å². The quantitative estimate of drug-likeness (QED) is 0.867. The zero-order valence-corrected chi connectivity index (χ0v) is 11.4. The molecule has 2 nitrogen and oxygen atoms in total. The van der Waals surface area contributed by atoms with Gasteiger partial charge in [-0.25, -0.2) is 0 Å². The average molecular weight is 245 g/mol. The summed E-state index contributed by atoms with van der Waals surface area (Å²) in [7, 11) is 0. The van der Waals surface area contributed by atoms with Gasteiger partial charge in [0.25, 0.3) is 0 Å². The Bertz CT molecular complexity index is 399. The maximum absolute atomic E-state index is 11.7. The van der Waals surface area contributed by atoms with Crippen LogP contribution in [0.5, 0.6) is 0 Å². The molecule has 1 aliphatic rings. The van der Waals surface area contributed by atoms with Crippen molar-refractivity contribution < 1.29 is 4.79 Å². The summed E-state index contributed by atoms with van der Waals surface area (Å²) in [4.78, 5) is 11.7. The molecule has 1 N–H and O–H groups in total. The lowest BCUT2D eigenvalue weighted by Gasteiger charge is -2.40. The predicted octanol–water partition coefficient (Wildman–Crippen LogP) is 3.17. The van der Waals surface area contributed by atoms with Gasteiger partial charge in [-0.3, -0.25) is 4.79 Å². The van der Waals surface area contributed by atoms with Gasteiger partial charge in [0.1, 0.15) is 0 Å². The van der Waals surface area contributed by atoms with Gasteiger partial charge >= 0.3 is 0 Å². The van der Waals surface area contributed by atoms with E-state index in [1.165, 1.54) is 5.56 Å². The number of benzene rings is 1. The summed E-state index contributed by atoms with van der Waals surface area (Å²) in [5.41, 5.74) is 1.57. The van der Waals surface area contributed by atoms with Gasteiger partial charge in [-0.15, -0.1) is 0 Å². The van der Waals surface area contributed by atoms with Crippen LogP contribution in [0.15, 0.2) is 30.3 Å². The highest BCUT2D eigenvalue weighted by Crippen LogP contribution is 2.41. The minimum Gasteiger partial charge on any atom is -0.356 e. The van der Waals surface area contributed by atoms with E-state index in [9.17, 15) is 4.79 Å². The molecule has 0 aliphatic carbocycles. The number of nitrogens with one attached hydrogen (secondary N) is 1. The molecule has 1 heterocycles. The van der Waals surface area contributed by atoms with Crippen LogP contribution in [-0.4, -0.2) is 12.5 Å². The highest BCUT2D eigenvalue weighted by molar-refractivity contribution is 5.77. The molecular weight excluding hydrogens is 222 g/mol. The van der Waals surface area contributed by atoms with Crippen LogP contribution in [-0.2, 0) is 11.2 Å².